The van der Waals surface area contributed by atoms with E-state index in [-0.39, 0.29) is 23.4 Å². The van der Waals surface area contributed by atoms with E-state index in [4.69, 9.17) is 0 Å². The predicted molar refractivity (Wildman–Crippen MR) is 107 cm³/mol. The van der Waals surface area contributed by atoms with Crippen LogP contribution in [-0.2, 0) is 21.2 Å². The molecule has 1 amide bonds. The summed E-state index contributed by atoms with van der Waals surface area (Å²) >= 11 is 0. The number of hydrogen-bond acceptors (Lipinski definition) is 3. The third-order valence-corrected chi connectivity index (χ3v) is 6.76. The van der Waals surface area contributed by atoms with Crippen LogP contribution in [0, 0.1) is 0 Å². The molecular weight excluding hydrogens is 360 g/mol. The summed E-state index contributed by atoms with van der Waals surface area (Å²) in [6.07, 6.45) is 5.00. The third kappa shape index (κ3) is 4.69. The third-order valence-electron chi connectivity index (χ3n) is 4.97. The minimum Gasteiger partial charge on any atom is -0.352 e. The van der Waals surface area contributed by atoms with E-state index < -0.39 is 10.0 Å². The Morgan fingerprint density at radius 3 is 2.26 bits per heavy atom. The molecule has 0 saturated heterocycles. The Labute approximate surface area is 161 Å². The van der Waals surface area contributed by atoms with Gasteiger partial charge in [0.15, 0.2) is 0 Å². The molecule has 0 radical (unpaired) electrons. The van der Waals surface area contributed by atoms with Gasteiger partial charge in [-0.2, -0.15) is 0 Å². The second kappa shape index (κ2) is 8.57. The first kappa shape index (κ1) is 19.4. The van der Waals surface area contributed by atoms with Gasteiger partial charge in [0.2, 0.25) is 5.91 Å². The van der Waals surface area contributed by atoms with Gasteiger partial charge in [0.05, 0.1) is 10.6 Å². The van der Waals surface area contributed by atoms with Crippen LogP contribution in [0.1, 0.15) is 38.2 Å². The quantitative estimate of drug-likeness (QED) is 0.792. The van der Waals surface area contributed by atoms with Gasteiger partial charge in [-0.25, -0.2) is 8.42 Å². The molecule has 0 heterocycles. The number of hydrogen-bond donors (Lipinski definition) is 1. The summed E-state index contributed by atoms with van der Waals surface area (Å²) in [5, 5.41) is 2.98. The lowest BCUT2D eigenvalue weighted by Crippen LogP contribution is -2.43. The van der Waals surface area contributed by atoms with E-state index in [1.165, 1.54) is 4.31 Å². The Balaban J connectivity index is 1.89. The molecular formula is C21H26N2O3S. The van der Waals surface area contributed by atoms with E-state index in [0.29, 0.717) is 5.69 Å². The van der Waals surface area contributed by atoms with Gasteiger partial charge in [-0.1, -0.05) is 50.1 Å². The molecule has 6 heteroatoms. The summed E-state index contributed by atoms with van der Waals surface area (Å²) in [6, 6.07) is 15.7. The fraction of sp³-hybridized carbons (Fsp3) is 0.381. The molecule has 1 aliphatic carbocycles. The number of rotatable bonds is 7. The zero-order valence-corrected chi connectivity index (χ0v) is 16.4. The molecule has 5 nitrogen and oxygen atoms in total. The number of nitrogens with one attached hydrogen (secondary N) is 1. The number of nitrogens with zero attached hydrogens (tertiary/aromatic N) is 1. The predicted octanol–water partition coefficient (Wildman–Crippen LogP) is 3.50. The van der Waals surface area contributed by atoms with Crippen molar-refractivity contribution in [3.63, 3.8) is 0 Å². The summed E-state index contributed by atoms with van der Waals surface area (Å²) in [5.41, 5.74) is 1.61. The van der Waals surface area contributed by atoms with Gasteiger partial charge in [-0.05, 0) is 49.1 Å². The molecule has 3 rings (SSSR count). The molecule has 0 spiro atoms. The summed E-state index contributed by atoms with van der Waals surface area (Å²) in [5.74, 6) is -0.263. The summed E-state index contributed by atoms with van der Waals surface area (Å²) in [4.78, 5) is 12.7. The van der Waals surface area contributed by atoms with Crippen molar-refractivity contribution in [3.8, 4) is 0 Å². The molecule has 1 aliphatic rings. The lowest BCUT2D eigenvalue weighted by molar-refractivity contribution is -0.120. The van der Waals surface area contributed by atoms with E-state index in [1.807, 2.05) is 19.1 Å². The number of carbonyl (C=O) groups excluding carboxylic acids is 1. The van der Waals surface area contributed by atoms with Crippen LogP contribution in [0.5, 0.6) is 0 Å². The average Bonchev–Trinajstić information content (AvgIpc) is 3.20. The molecule has 1 N–H and O–H groups in total. The van der Waals surface area contributed by atoms with Crippen LogP contribution in [0.2, 0.25) is 0 Å². The monoisotopic (exact) mass is 386 g/mol. The van der Waals surface area contributed by atoms with Crippen molar-refractivity contribution >= 4 is 21.6 Å². The molecule has 0 unspecified atom stereocenters. The van der Waals surface area contributed by atoms with Crippen LogP contribution in [-0.4, -0.2) is 26.9 Å². The van der Waals surface area contributed by atoms with Gasteiger partial charge >= 0.3 is 0 Å². The highest BCUT2D eigenvalue weighted by molar-refractivity contribution is 7.92. The van der Waals surface area contributed by atoms with E-state index >= 15 is 0 Å². The van der Waals surface area contributed by atoms with Crippen molar-refractivity contribution in [2.45, 2.75) is 50.0 Å². The first-order valence-electron chi connectivity index (χ1n) is 9.47. The lowest BCUT2D eigenvalue weighted by atomic mass is 10.1. The number of anilines is 1. The summed E-state index contributed by atoms with van der Waals surface area (Å²) < 4.78 is 27.6. The Morgan fingerprint density at radius 2 is 1.67 bits per heavy atom. The van der Waals surface area contributed by atoms with Crippen LogP contribution in [0.4, 0.5) is 5.69 Å². The maximum atomic E-state index is 13.2. The smallest absolute Gasteiger partial charge is 0.264 e. The molecule has 0 bridgehead atoms. The Kier molecular flexibility index (Phi) is 6.16. The average molecular weight is 387 g/mol. The maximum Gasteiger partial charge on any atom is 0.264 e. The highest BCUT2D eigenvalue weighted by Crippen LogP contribution is 2.24. The van der Waals surface area contributed by atoms with Gasteiger partial charge in [0.1, 0.15) is 6.54 Å². The summed E-state index contributed by atoms with van der Waals surface area (Å²) in [7, 11) is -3.83. The number of amides is 1. The van der Waals surface area contributed by atoms with Gasteiger partial charge in [-0.15, -0.1) is 0 Å². The molecule has 144 valence electrons. The molecule has 1 saturated carbocycles. The van der Waals surface area contributed by atoms with Crippen LogP contribution < -0.4 is 9.62 Å². The second-order valence-corrected chi connectivity index (χ2v) is 8.76. The van der Waals surface area contributed by atoms with Crippen LogP contribution in [0.15, 0.2) is 59.5 Å². The number of carbonyl (C=O) groups is 1. The Hall–Kier alpha value is -2.34. The molecule has 27 heavy (non-hydrogen) atoms. The fourth-order valence-corrected chi connectivity index (χ4v) is 4.85. The van der Waals surface area contributed by atoms with Gasteiger partial charge in [-0.3, -0.25) is 9.10 Å². The van der Waals surface area contributed by atoms with E-state index in [0.717, 1.165) is 37.7 Å². The molecule has 0 aromatic heterocycles. The Bertz CT molecular complexity index is 858. The lowest BCUT2D eigenvalue weighted by Gasteiger charge is -2.25. The molecule has 2 aromatic rings. The number of sulfonamides is 1. The van der Waals surface area contributed by atoms with E-state index in [2.05, 4.69) is 5.32 Å². The fourth-order valence-electron chi connectivity index (χ4n) is 3.41. The van der Waals surface area contributed by atoms with Gasteiger partial charge in [0.25, 0.3) is 10.0 Å². The normalized spacial score (nSPS) is 14.9. The SMILES string of the molecule is CCc1ccc(N(CC(=O)NC2CCCC2)S(=O)(=O)c2ccccc2)cc1. The number of aryl methyl sites for hydroxylation is 1. The van der Waals surface area contributed by atoms with Crippen molar-refractivity contribution in [1.82, 2.24) is 5.32 Å². The highest BCUT2D eigenvalue weighted by Gasteiger charge is 2.28. The van der Waals surface area contributed by atoms with Crippen LogP contribution in [0.3, 0.4) is 0 Å². The summed E-state index contributed by atoms with van der Waals surface area (Å²) in [6.45, 7) is 1.82. The first-order valence-corrected chi connectivity index (χ1v) is 10.9. The van der Waals surface area contributed by atoms with Crippen molar-refractivity contribution in [2.75, 3.05) is 10.8 Å². The highest BCUT2D eigenvalue weighted by atomic mass is 32.2. The van der Waals surface area contributed by atoms with Gasteiger partial charge < -0.3 is 5.32 Å². The topological polar surface area (TPSA) is 66.5 Å². The molecule has 0 atom stereocenters. The van der Waals surface area contributed by atoms with E-state index in [1.54, 1.807) is 42.5 Å². The zero-order chi connectivity index (χ0) is 19.3. The second-order valence-electron chi connectivity index (χ2n) is 6.89. The Morgan fingerprint density at radius 1 is 1.04 bits per heavy atom. The van der Waals surface area contributed by atoms with Crippen molar-refractivity contribution in [2.24, 2.45) is 0 Å². The van der Waals surface area contributed by atoms with Crippen LogP contribution in [0.25, 0.3) is 0 Å². The maximum absolute atomic E-state index is 13.2. The molecule has 0 aliphatic heterocycles. The zero-order valence-electron chi connectivity index (χ0n) is 15.6. The van der Waals surface area contributed by atoms with Crippen LogP contribution >= 0.6 is 0 Å². The van der Waals surface area contributed by atoms with E-state index in [9.17, 15) is 13.2 Å². The standard InChI is InChI=1S/C21H26N2O3S/c1-2-17-12-14-19(15-13-17)23(16-21(24)22-18-8-6-7-9-18)27(25,26)20-10-4-3-5-11-20/h3-5,10-15,18H,2,6-9,16H2,1H3,(H,22,24). The van der Waals surface area contributed by atoms with Crippen molar-refractivity contribution < 1.29 is 13.2 Å². The minimum atomic E-state index is -3.83. The van der Waals surface area contributed by atoms with Crippen molar-refractivity contribution in [3.05, 3.63) is 60.2 Å². The minimum absolute atomic E-state index is 0.154. The van der Waals surface area contributed by atoms with Gasteiger partial charge in [0, 0.05) is 6.04 Å². The molecule has 1 fully saturated rings. The first-order chi connectivity index (χ1) is 13.0. The van der Waals surface area contributed by atoms with Crippen molar-refractivity contribution in [1.29, 1.82) is 0 Å². The number of benzene rings is 2. The molecule has 2 aromatic carbocycles. The largest absolute Gasteiger partial charge is 0.352 e.